The first kappa shape index (κ1) is 12.0. The third-order valence-electron chi connectivity index (χ3n) is 1.68. The van der Waals surface area contributed by atoms with E-state index in [9.17, 15) is 5.11 Å². The molecule has 2 nitrogen and oxygen atoms in total. The van der Waals surface area contributed by atoms with Gasteiger partial charge in [0, 0.05) is 23.2 Å². The Morgan fingerprint density at radius 2 is 2.29 bits per heavy atom. The van der Waals surface area contributed by atoms with Crippen molar-refractivity contribution in [3.8, 4) is 0 Å². The first-order valence-electron chi connectivity index (χ1n) is 4.81. The Balaban J connectivity index is 2.13. The number of aromatic nitrogens is 1. The standard InChI is InChI=1S/C10H17NOS2/c1-8(2)5-13-6-9(12)3-10-4-11-7-14-10/h4,7-9,12H,3,5-6H2,1-2H3. The summed E-state index contributed by atoms with van der Waals surface area (Å²) >= 11 is 3.44. The monoisotopic (exact) mass is 231 g/mol. The zero-order valence-corrected chi connectivity index (χ0v) is 10.3. The summed E-state index contributed by atoms with van der Waals surface area (Å²) in [5.41, 5.74) is 1.81. The van der Waals surface area contributed by atoms with Crippen LogP contribution in [0.25, 0.3) is 0 Å². The van der Waals surface area contributed by atoms with Gasteiger partial charge in [-0.05, 0) is 11.7 Å². The number of thiazole rings is 1. The molecule has 0 aliphatic heterocycles. The van der Waals surface area contributed by atoms with Gasteiger partial charge in [0.15, 0.2) is 0 Å². The van der Waals surface area contributed by atoms with Crippen molar-refractivity contribution < 1.29 is 5.11 Å². The van der Waals surface area contributed by atoms with E-state index in [2.05, 4.69) is 18.8 Å². The van der Waals surface area contributed by atoms with E-state index in [1.165, 1.54) is 4.88 Å². The average molecular weight is 231 g/mol. The van der Waals surface area contributed by atoms with E-state index in [-0.39, 0.29) is 6.10 Å². The Bertz CT molecular complexity index is 236. The van der Waals surface area contributed by atoms with E-state index in [4.69, 9.17) is 0 Å². The molecule has 0 bridgehead atoms. The van der Waals surface area contributed by atoms with E-state index in [1.807, 2.05) is 23.5 Å². The van der Waals surface area contributed by atoms with Crippen LogP contribution in [0.4, 0.5) is 0 Å². The third kappa shape index (κ3) is 4.98. The van der Waals surface area contributed by atoms with Gasteiger partial charge in [0.05, 0.1) is 11.6 Å². The van der Waals surface area contributed by atoms with Crippen LogP contribution in [0.1, 0.15) is 18.7 Å². The maximum Gasteiger partial charge on any atom is 0.0794 e. The molecule has 1 N–H and O–H groups in total. The van der Waals surface area contributed by atoms with Crippen molar-refractivity contribution in [1.29, 1.82) is 0 Å². The van der Waals surface area contributed by atoms with Gasteiger partial charge in [0.25, 0.3) is 0 Å². The van der Waals surface area contributed by atoms with Gasteiger partial charge >= 0.3 is 0 Å². The first-order valence-corrected chi connectivity index (χ1v) is 6.85. The second-order valence-corrected chi connectivity index (χ2v) is 5.80. The fourth-order valence-corrected chi connectivity index (χ4v) is 2.74. The minimum Gasteiger partial charge on any atom is -0.392 e. The number of aliphatic hydroxyl groups excluding tert-OH is 1. The maximum atomic E-state index is 9.69. The highest BCUT2D eigenvalue weighted by atomic mass is 32.2. The second kappa shape index (κ2) is 6.43. The van der Waals surface area contributed by atoms with E-state index in [0.717, 1.165) is 17.9 Å². The van der Waals surface area contributed by atoms with Crippen molar-refractivity contribution in [1.82, 2.24) is 4.98 Å². The quantitative estimate of drug-likeness (QED) is 0.816. The predicted octanol–water partition coefficient (Wildman–Crippen LogP) is 2.44. The Hall–Kier alpha value is -0.0600. The van der Waals surface area contributed by atoms with E-state index >= 15 is 0 Å². The topological polar surface area (TPSA) is 33.1 Å². The Morgan fingerprint density at radius 1 is 1.50 bits per heavy atom. The Labute approximate surface area is 93.8 Å². The molecule has 1 atom stereocenters. The van der Waals surface area contributed by atoms with Crippen LogP contribution in [0.2, 0.25) is 0 Å². The Kier molecular flexibility index (Phi) is 5.52. The molecule has 0 saturated carbocycles. The molecule has 14 heavy (non-hydrogen) atoms. The summed E-state index contributed by atoms with van der Waals surface area (Å²) in [7, 11) is 0. The molecule has 1 unspecified atom stereocenters. The van der Waals surface area contributed by atoms with Crippen molar-refractivity contribution in [2.24, 2.45) is 5.92 Å². The summed E-state index contributed by atoms with van der Waals surface area (Å²) in [4.78, 5) is 5.15. The van der Waals surface area contributed by atoms with Gasteiger partial charge < -0.3 is 5.11 Å². The smallest absolute Gasteiger partial charge is 0.0794 e. The second-order valence-electron chi connectivity index (χ2n) is 3.76. The molecule has 0 aliphatic rings. The van der Waals surface area contributed by atoms with Gasteiger partial charge in [-0.1, -0.05) is 13.8 Å². The van der Waals surface area contributed by atoms with Crippen LogP contribution in [-0.2, 0) is 6.42 Å². The SMILES string of the molecule is CC(C)CSCC(O)Cc1cncs1. The number of nitrogens with zero attached hydrogens (tertiary/aromatic N) is 1. The molecule has 0 aliphatic carbocycles. The summed E-state index contributed by atoms with van der Waals surface area (Å²) in [6.45, 7) is 4.39. The number of thioether (sulfide) groups is 1. The minimum atomic E-state index is -0.223. The first-order chi connectivity index (χ1) is 6.68. The lowest BCUT2D eigenvalue weighted by Crippen LogP contribution is -2.13. The molecule has 0 amide bonds. The summed E-state index contributed by atoms with van der Waals surface area (Å²) < 4.78 is 0. The van der Waals surface area contributed by atoms with Crippen LogP contribution in [-0.4, -0.2) is 27.7 Å². The molecule has 0 saturated heterocycles. The van der Waals surface area contributed by atoms with Gasteiger partial charge in [-0.15, -0.1) is 11.3 Å². The molecule has 0 aromatic carbocycles. The lowest BCUT2D eigenvalue weighted by molar-refractivity contribution is 0.201. The van der Waals surface area contributed by atoms with Crippen molar-refractivity contribution in [2.45, 2.75) is 26.4 Å². The van der Waals surface area contributed by atoms with Gasteiger partial charge in [0.2, 0.25) is 0 Å². The molecule has 0 spiro atoms. The molecule has 1 aromatic rings. The lowest BCUT2D eigenvalue weighted by atomic mass is 10.2. The number of hydrogen-bond donors (Lipinski definition) is 1. The van der Waals surface area contributed by atoms with E-state index in [0.29, 0.717) is 5.92 Å². The number of rotatable bonds is 6. The summed E-state index contributed by atoms with van der Waals surface area (Å²) in [5, 5.41) is 9.69. The molecular weight excluding hydrogens is 214 g/mol. The third-order valence-corrected chi connectivity index (χ3v) is 4.01. The molecule has 1 heterocycles. The lowest BCUT2D eigenvalue weighted by Gasteiger charge is -2.09. The molecule has 0 fully saturated rings. The summed E-state index contributed by atoms with van der Waals surface area (Å²) in [6.07, 6.45) is 2.36. The van der Waals surface area contributed by atoms with Crippen LogP contribution < -0.4 is 0 Å². The number of hydrogen-bond acceptors (Lipinski definition) is 4. The summed E-state index contributed by atoms with van der Waals surface area (Å²) in [6, 6.07) is 0. The highest BCUT2D eigenvalue weighted by Crippen LogP contribution is 2.13. The van der Waals surface area contributed by atoms with Crippen LogP contribution in [0, 0.1) is 5.92 Å². The Morgan fingerprint density at radius 3 is 2.86 bits per heavy atom. The average Bonchev–Trinajstić information content (AvgIpc) is 2.56. The molecule has 0 radical (unpaired) electrons. The highest BCUT2D eigenvalue weighted by molar-refractivity contribution is 7.99. The van der Waals surface area contributed by atoms with Crippen LogP contribution in [0.3, 0.4) is 0 Å². The van der Waals surface area contributed by atoms with Crippen LogP contribution >= 0.6 is 23.1 Å². The zero-order chi connectivity index (χ0) is 10.4. The van der Waals surface area contributed by atoms with Crippen molar-refractivity contribution in [3.63, 3.8) is 0 Å². The molecule has 1 rings (SSSR count). The fourth-order valence-electron chi connectivity index (χ4n) is 1.07. The normalized spacial score (nSPS) is 13.4. The molecule has 80 valence electrons. The van der Waals surface area contributed by atoms with Crippen LogP contribution in [0.15, 0.2) is 11.7 Å². The minimum absolute atomic E-state index is 0.223. The molecule has 1 aromatic heterocycles. The van der Waals surface area contributed by atoms with Gasteiger partial charge in [-0.25, -0.2) is 0 Å². The maximum absolute atomic E-state index is 9.69. The van der Waals surface area contributed by atoms with Crippen LogP contribution in [0.5, 0.6) is 0 Å². The van der Waals surface area contributed by atoms with E-state index in [1.54, 1.807) is 11.3 Å². The van der Waals surface area contributed by atoms with Crippen molar-refractivity contribution in [2.75, 3.05) is 11.5 Å². The van der Waals surface area contributed by atoms with Gasteiger partial charge in [-0.3, -0.25) is 4.98 Å². The van der Waals surface area contributed by atoms with Gasteiger partial charge in [0.1, 0.15) is 0 Å². The highest BCUT2D eigenvalue weighted by Gasteiger charge is 2.07. The summed E-state index contributed by atoms with van der Waals surface area (Å²) in [5.74, 6) is 2.66. The van der Waals surface area contributed by atoms with Crippen molar-refractivity contribution in [3.05, 3.63) is 16.6 Å². The number of aliphatic hydroxyl groups is 1. The fraction of sp³-hybridized carbons (Fsp3) is 0.700. The van der Waals surface area contributed by atoms with Gasteiger partial charge in [-0.2, -0.15) is 11.8 Å². The predicted molar refractivity (Wildman–Crippen MR) is 64.0 cm³/mol. The zero-order valence-electron chi connectivity index (χ0n) is 8.64. The largest absolute Gasteiger partial charge is 0.392 e. The van der Waals surface area contributed by atoms with Crippen molar-refractivity contribution >= 4 is 23.1 Å². The molecule has 4 heteroatoms. The van der Waals surface area contributed by atoms with E-state index < -0.39 is 0 Å². The molecular formula is C10H17NOS2.